The van der Waals surface area contributed by atoms with Gasteiger partial charge in [-0.15, -0.1) is 19.3 Å². The van der Waals surface area contributed by atoms with Crippen molar-refractivity contribution in [3.8, 4) is 37.0 Å². The van der Waals surface area contributed by atoms with Crippen LogP contribution in [0.1, 0.15) is 58.1 Å². The minimum absolute atomic E-state index is 0.0939. The lowest BCUT2D eigenvalue weighted by Crippen LogP contribution is -2.32. The number of carbonyl (C=O) groups excluding carboxylic acids is 4. The maximum Gasteiger partial charge on any atom is 0.266 e. The van der Waals surface area contributed by atoms with Crippen molar-refractivity contribution in [2.24, 2.45) is 0 Å². The topological polar surface area (TPSA) is 98.8 Å². The van der Waals surface area contributed by atoms with Crippen molar-refractivity contribution in [3.05, 3.63) is 118 Å². The Bertz CT molecular complexity index is 2020. The van der Waals surface area contributed by atoms with E-state index in [-0.39, 0.29) is 44.4 Å². The fraction of sp³-hybridized carbons (Fsp3) is 0. The molecule has 0 saturated carbocycles. The third-order valence-electron chi connectivity index (χ3n) is 7.07. The first-order chi connectivity index (χ1) is 21.2. The summed E-state index contributed by atoms with van der Waals surface area (Å²) in [6.45, 7) is 0. The fourth-order valence-electron chi connectivity index (χ4n) is 5.04. The largest absolute Gasteiger partial charge is 0.332 e. The second kappa shape index (κ2) is 10.7. The zero-order valence-electron chi connectivity index (χ0n) is 22.7. The summed E-state index contributed by atoms with van der Waals surface area (Å²) in [5.74, 6) is 5.06. The second-order valence-corrected chi connectivity index (χ2v) is 10.2. The third-order valence-corrected chi connectivity index (χ3v) is 7.27. The highest BCUT2D eigenvalue weighted by molar-refractivity contribution is 7.80. The molecule has 0 unspecified atom stereocenters. The number of nitrogens with zero attached hydrogens (tertiary/aromatic N) is 2. The summed E-state index contributed by atoms with van der Waals surface area (Å²) in [4.78, 5) is 55.9. The molecule has 4 aromatic rings. The lowest BCUT2D eigenvalue weighted by Gasteiger charge is -2.21. The third kappa shape index (κ3) is 4.64. The van der Waals surface area contributed by atoms with Crippen LogP contribution < -0.4 is 20.4 Å². The van der Waals surface area contributed by atoms with Crippen LogP contribution in [-0.4, -0.2) is 28.7 Å². The number of thiocarbonyl (C=S) groups is 1. The number of benzene rings is 4. The molecule has 0 saturated heterocycles. The zero-order valence-corrected chi connectivity index (χ0v) is 23.5. The Balaban J connectivity index is 1.42. The molecule has 4 aromatic carbocycles. The first-order valence-corrected chi connectivity index (χ1v) is 13.4. The lowest BCUT2D eigenvalue weighted by atomic mass is 10.1. The molecule has 0 atom stereocenters. The number of nitrogens with one attached hydrogen (secondary N) is 2. The average Bonchev–Trinajstić information content (AvgIpc) is 3.43. The van der Waals surface area contributed by atoms with Gasteiger partial charge in [0.05, 0.1) is 33.6 Å². The molecule has 0 spiro atoms. The van der Waals surface area contributed by atoms with Gasteiger partial charge >= 0.3 is 0 Å². The first kappa shape index (κ1) is 27.7. The van der Waals surface area contributed by atoms with E-state index in [4.69, 9.17) is 31.5 Å². The lowest BCUT2D eigenvalue weighted by molar-refractivity contribution is 0.0912. The number of terminal acetylenes is 3. The van der Waals surface area contributed by atoms with Gasteiger partial charge in [-0.3, -0.25) is 19.2 Å². The van der Waals surface area contributed by atoms with Gasteiger partial charge in [-0.25, -0.2) is 9.80 Å². The van der Waals surface area contributed by atoms with Gasteiger partial charge in [0.1, 0.15) is 0 Å². The Morgan fingerprint density at radius 1 is 0.545 bits per heavy atom. The summed E-state index contributed by atoms with van der Waals surface area (Å²) >= 11 is 5.51. The minimum Gasteiger partial charge on any atom is -0.332 e. The van der Waals surface area contributed by atoms with Crippen molar-refractivity contribution in [1.29, 1.82) is 0 Å². The number of hydrogen-bond acceptors (Lipinski definition) is 5. The van der Waals surface area contributed by atoms with Crippen molar-refractivity contribution < 1.29 is 19.2 Å². The number of hydrogen-bond donors (Lipinski definition) is 2. The van der Waals surface area contributed by atoms with Crippen molar-refractivity contribution in [1.82, 2.24) is 0 Å². The van der Waals surface area contributed by atoms with E-state index in [2.05, 4.69) is 28.4 Å². The molecule has 2 heterocycles. The molecule has 44 heavy (non-hydrogen) atoms. The fourth-order valence-corrected chi connectivity index (χ4v) is 5.27. The molecule has 0 fully saturated rings. The van der Waals surface area contributed by atoms with Crippen LogP contribution in [0.25, 0.3) is 0 Å². The van der Waals surface area contributed by atoms with Crippen LogP contribution in [0.2, 0.25) is 0 Å². The van der Waals surface area contributed by atoms with E-state index in [0.29, 0.717) is 22.4 Å². The standard InChI is InChI=1S/C35H18N4O4S/c1-4-20-8-7-9-23(14-20)36-35(44)37-24-17-25(38-31(40)27-12-10-21(5-2)15-29(27)33(38)42)19-26(18-24)39-32(41)28-13-11-22(6-3)16-30(28)34(39)43/h1-3,7-19H,(H2,36,37,44). The number of amides is 4. The molecule has 8 nitrogen and oxygen atoms in total. The van der Waals surface area contributed by atoms with E-state index in [9.17, 15) is 19.2 Å². The molecule has 0 aromatic heterocycles. The Kier molecular flexibility index (Phi) is 6.76. The number of anilines is 4. The first-order valence-electron chi connectivity index (χ1n) is 13.0. The van der Waals surface area contributed by atoms with Crippen LogP contribution in [0.4, 0.5) is 22.7 Å². The average molecular weight is 591 g/mol. The van der Waals surface area contributed by atoms with Crippen molar-refractivity contribution in [3.63, 3.8) is 0 Å². The molecule has 0 aliphatic carbocycles. The SMILES string of the molecule is C#Cc1cccc(NC(=S)Nc2cc(N3C(=O)c4ccc(C#C)cc4C3=O)cc(N3C(=O)c4ccc(C#C)cc4C3=O)c2)c1. The summed E-state index contributed by atoms with van der Waals surface area (Å²) in [6.07, 6.45) is 16.5. The molecule has 208 valence electrons. The van der Waals surface area contributed by atoms with Crippen LogP contribution in [0.3, 0.4) is 0 Å². The normalized spacial score (nSPS) is 13.1. The monoisotopic (exact) mass is 590 g/mol. The predicted molar refractivity (Wildman–Crippen MR) is 172 cm³/mol. The van der Waals surface area contributed by atoms with E-state index in [1.807, 2.05) is 0 Å². The van der Waals surface area contributed by atoms with Gasteiger partial charge in [0, 0.05) is 28.1 Å². The highest BCUT2D eigenvalue weighted by atomic mass is 32.1. The molecular weight excluding hydrogens is 572 g/mol. The minimum atomic E-state index is -0.613. The van der Waals surface area contributed by atoms with Crippen LogP contribution in [-0.2, 0) is 0 Å². The molecule has 6 rings (SSSR count). The smallest absolute Gasteiger partial charge is 0.266 e. The molecule has 2 aliphatic heterocycles. The van der Waals surface area contributed by atoms with E-state index in [0.717, 1.165) is 9.80 Å². The molecular formula is C35H18N4O4S. The van der Waals surface area contributed by atoms with E-state index in [1.54, 1.807) is 36.4 Å². The van der Waals surface area contributed by atoms with Crippen LogP contribution in [0.15, 0.2) is 78.9 Å². The molecule has 0 radical (unpaired) electrons. The van der Waals surface area contributed by atoms with Crippen LogP contribution >= 0.6 is 12.2 Å². The highest BCUT2D eigenvalue weighted by Gasteiger charge is 2.40. The quantitative estimate of drug-likeness (QED) is 0.195. The van der Waals surface area contributed by atoms with Gasteiger partial charge in [0.25, 0.3) is 23.6 Å². The van der Waals surface area contributed by atoms with Crippen molar-refractivity contribution >= 4 is 63.7 Å². The summed E-state index contributed by atoms with van der Waals surface area (Å²) < 4.78 is 0. The number of carbonyl (C=O) groups is 4. The van der Waals surface area contributed by atoms with E-state index < -0.39 is 23.6 Å². The van der Waals surface area contributed by atoms with Gasteiger partial charge in [0.2, 0.25) is 0 Å². The second-order valence-electron chi connectivity index (χ2n) is 9.74. The Morgan fingerprint density at radius 2 is 1.00 bits per heavy atom. The van der Waals surface area contributed by atoms with Gasteiger partial charge in [0.15, 0.2) is 5.11 Å². The van der Waals surface area contributed by atoms with Crippen LogP contribution in [0, 0.1) is 37.0 Å². The Morgan fingerprint density at radius 3 is 1.50 bits per heavy atom. The number of rotatable bonds is 4. The number of fused-ring (bicyclic) bond motifs is 2. The summed E-state index contributed by atoms with van der Waals surface area (Å²) in [5.41, 5.74) is 3.21. The van der Waals surface area contributed by atoms with Crippen molar-refractivity contribution in [2.45, 2.75) is 0 Å². The summed E-state index contributed by atoms with van der Waals surface area (Å²) in [5, 5.41) is 6.18. The zero-order chi connectivity index (χ0) is 31.1. The van der Waals surface area contributed by atoms with E-state index in [1.165, 1.54) is 42.5 Å². The Hall–Kier alpha value is -6.47. The van der Waals surface area contributed by atoms with Gasteiger partial charge < -0.3 is 10.6 Å². The Labute approximate surface area is 257 Å². The van der Waals surface area contributed by atoms with Crippen LogP contribution in [0.5, 0.6) is 0 Å². The maximum absolute atomic E-state index is 13.5. The van der Waals surface area contributed by atoms with Gasteiger partial charge in [-0.05, 0) is 85.0 Å². The molecule has 2 aliphatic rings. The maximum atomic E-state index is 13.5. The molecule has 0 bridgehead atoms. The van der Waals surface area contributed by atoms with Crippen molar-refractivity contribution in [2.75, 3.05) is 20.4 Å². The summed E-state index contributed by atoms with van der Waals surface area (Å²) in [7, 11) is 0. The molecule has 4 amide bonds. The predicted octanol–water partition coefficient (Wildman–Crippen LogP) is 5.04. The van der Waals surface area contributed by atoms with Gasteiger partial charge in [-0.2, -0.15) is 0 Å². The molecule has 2 N–H and O–H groups in total. The summed E-state index contributed by atoms with van der Waals surface area (Å²) in [6, 6.07) is 20.5. The number of imide groups is 2. The van der Waals surface area contributed by atoms with E-state index >= 15 is 0 Å². The molecule has 9 heteroatoms. The van der Waals surface area contributed by atoms with Gasteiger partial charge in [-0.1, -0.05) is 23.8 Å². The highest BCUT2D eigenvalue weighted by Crippen LogP contribution is 2.37.